The van der Waals surface area contributed by atoms with Crippen LogP contribution in [0.4, 0.5) is 0 Å². The summed E-state index contributed by atoms with van der Waals surface area (Å²) in [6.07, 6.45) is 1.33. The van der Waals surface area contributed by atoms with Gasteiger partial charge in [-0.25, -0.2) is 4.98 Å². The molecule has 2 N–H and O–H groups in total. The number of aromatic amines is 1. The van der Waals surface area contributed by atoms with E-state index in [1.807, 2.05) is 7.05 Å². The first-order chi connectivity index (χ1) is 6.72. The largest absolute Gasteiger partial charge is 0.334 e. The number of H-pyrrole nitrogens is 1. The Balaban J connectivity index is 2.59. The van der Waals surface area contributed by atoms with Crippen molar-refractivity contribution in [2.75, 3.05) is 7.05 Å². The number of carbonyl (C=O) groups is 1. The van der Waals surface area contributed by atoms with Gasteiger partial charge in [-0.05, 0) is 25.7 Å². The van der Waals surface area contributed by atoms with Crippen LogP contribution in [-0.4, -0.2) is 22.8 Å². The molecule has 2 rings (SSSR count). The molecule has 0 unspecified atom stereocenters. The van der Waals surface area contributed by atoms with Crippen LogP contribution in [0.25, 0.3) is 0 Å². The summed E-state index contributed by atoms with van der Waals surface area (Å²) in [6, 6.07) is 0. The summed E-state index contributed by atoms with van der Waals surface area (Å²) >= 11 is 4.99. The van der Waals surface area contributed by atoms with Crippen molar-refractivity contribution in [2.24, 2.45) is 0 Å². The van der Waals surface area contributed by atoms with Crippen LogP contribution < -0.4 is 5.32 Å². The third-order valence-electron chi connectivity index (χ3n) is 2.31. The molecule has 0 aliphatic heterocycles. The van der Waals surface area contributed by atoms with Gasteiger partial charge in [0.15, 0.2) is 10.6 Å². The van der Waals surface area contributed by atoms with Gasteiger partial charge in [-0.15, -0.1) is 0 Å². The van der Waals surface area contributed by atoms with Gasteiger partial charge in [0, 0.05) is 18.7 Å². The maximum absolute atomic E-state index is 11.6. The Hall–Kier alpha value is -1.07. The van der Waals surface area contributed by atoms with Crippen LogP contribution in [0.15, 0.2) is 0 Å². The number of aromatic nitrogens is 2. The predicted octanol–water partition coefficient (Wildman–Crippen LogP) is 0.987. The van der Waals surface area contributed by atoms with Gasteiger partial charge in [0.1, 0.15) is 0 Å². The quantitative estimate of drug-likeness (QED) is 0.713. The highest BCUT2D eigenvalue weighted by Crippen LogP contribution is 2.21. The first kappa shape index (κ1) is 9.48. The Morgan fingerprint density at radius 3 is 3.07 bits per heavy atom. The average molecular weight is 209 g/mol. The molecule has 0 saturated heterocycles. The summed E-state index contributed by atoms with van der Waals surface area (Å²) in [5, 5.41) is 2.99. The normalized spacial score (nSPS) is 14.5. The Morgan fingerprint density at radius 1 is 1.57 bits per heavy atom. The molecule has 0 bridgehead atoms. The first-order valence-electron chi connectivity index (χ1n) is 4.52. The summed E-state index contributed by atoms with van der Waals surface area (Å²) in [5.74, 6) is 0.170. The number of nitrogens with zero attached hydrogens (tertiary/aromatic N) is 1. The second-order valence-electron chi connectivity index (χ2n) is 3.30. The molecule has 0 aromatic carbocycles. The molecule has 5 heteroatoms. The molecule has 0 atom stereocenters. The van der Waals surface area contributed by atoms with Crippen LogP contribution in [-0.2, 0) is 13.0 Å². The van der Waals surface area contributed by atoms with E-state index in [0.717, 1.165) is 23.4 Å². The molecule has 0 spiro atoms. The standard InChI is InChI=1S/C9H11N3OS/c1-10-4-6-8-5(2-3-7(8)13)11-9(14)12-6/h10H,2-4H2,1H3,(H,11,12,14). The lowest BCUT2D eigenvalue weighted by Gasteiger charge is -2.05. The minimum absolute atomic E-state index is 0.170. The van der Waals surface area contributed by atoms with E-state index in [-0.39, 0.29) is 5.78 Å². The Bertz CT molecular complexity index is 438. The number of aryl methyl sites for hydroxylation is 1. The minimum atomic E-state index is 0.170. The van der Waals surface area contributed by atoms with Gasteiger partial charge in [0.25, 0.3) is 0 Å². The topological polar surface area (TPSA) is 57.8 Å². The highest BCUT2D eigenvalue weighted by molar-refractivity contribution is 7.71. The van der Waals surface area contributed by atoms with Crippen molar-refractivity contribution >= 4 is 18.0 Å². The number of Topliss-reactive ketones (excluding diaryl/α,β-unsaturated/α-hetero) is 1. The molecule has 0 fully saturated rings. The van der Waals surface area contributed by atoms with Crippen molar-refractivity contribution in [3.63, 3.8) is 0 Å². The molecule has 1 heterocycles. The Morgan fingerprint density at radius 2 is 2.36 bits per heavy atom. The fourth-order valence-corrected chi connectivity index (χ4v) is 1.98. The van der Waals surface area contributed by atoms with Gasteiger partial charge >= 0.3 is 0 Å². The van der Waals surface area contributed by atoms with E-state index in [2.05, 4.69) is 15.3 Å². The molecule has 1 aromatic heterocycles. The highest BCUT2D eigenvalue weighted by atomic mass is 32.1. The molecular weight excluding hydrogens is 198 g/mol. The van der Waals surface area contributed by atoms with E-state index in [1.54, 1.807) is 0 Å². The van der Waals surface area contributed by atoms with Gasteiger partial charge < -0.3 is 10.3 Å². The van der Waals surface area contributed by atoms with Gasteiger partial charge in [0.05, 0.1) is 11.3 Å². The number of hydrogen-bond acceptors (Lipinski definition) is 4. The molecule has 1 aliphatic rings. The Labute approximate surface area is 86.8 Å². The van der Waals surface area contributed by atoms with E-state index in [0.29, 0.717) is 17.7 Å². The average Bonchev–Trinajstić information content (AvgIpc) is 2.48. The molecule has 1 aromatic rings. The third kappa shape index (κ3) is 1.49. The minimum Gasteiger partial charge on any atom is -0.334 e. The maximum atomic E-state index is 11.6. The molecule has 14 heavy (non-hydrogen) atoms. The molecule has 0 amide bonds. The van der Waals surface area contributed by atoms with Gasteiger partial charge in [-0.2, -0.15) is 0 Å². The van der Waals surface area contributed by atoms with Crippen LogP contribution in [0, 0.1) is 4.77 Å². The van der Waals surface area contributed by atoms with Crippen LogP contribution in [0.3, 0.4) is 0 Å². The van der Waals surface area contributed by atoms with E-state index in [1.165, 1.54) is 0 Å². The lowest BCUT2D eigenvalue weighted by Crippen LogP contribution is -2.12. The van der Waals surface area contributed by atoms with Crippen LogP contribution >= 0.6 is 12.2 Å². The van der Waals surface area contributed by atoms with Gasteiger partial charge in [-0.3, -0.25) is 4.79 Å². The third-order valence-corrected chi connectivity index (χ3v) is 2.50. The zero-order valence-electron chi connectivity index (χ0n) is 7.89. The van der Waals surface area contributed by atoms with Gasteiger partial charge in [-0.1, -0.05) is 0 Å². The molecule has 74 valence electrons. The zero-order valence-corrected chi connectivity index (χ0v) is 8.70. The number of ketones is 1. The monoisotopic (exact) mass is 209 g/mol. The van der Waals surface area contributed by atoms with E-state index in [4.69, 9.17) is 12.2 Å². The van der Waals surface area contributed by atoms with Crippen molar-refractivity contribution in [1.82, 2.24) is 15.3 Å². The molecule has 4 nitrogen and oxygen atoms in total. The summed E-state index contributed by atoms with van der Waals surface area (Å²) in [4.78, 5) is 18.7. The van der Waals surface area contributed by atoms with E-state index in [9.17, 15) is 4.79 Å². The summed E-state index contributed by atoms with van der Waals surface area (Å²) in [7, 11) is 1.83. The molecule has 0 radical (unpaired) electrons. The molecular formula is C9H11N3OS. The van der Waals surface area contributed by atoms with Crippen LogP contribution in [0.5, 0.6) is 0 Å². The van der Waals surface area contributed by atoms with Crippen molar-refractivity contribution in [3.8, 4) is 0 Å². The first-order valence-corrected chi connectivity index (χ1v) is 4.93. The molecule has 0 saturated carbocycles. The lowest BCUT2D eigenvalue weighted by atomic mass is 10.1. The van der Waals surface area contributed by atoms with E-state index >= 15 is 0 Å². The summed E-state index contributed by atoms with van der Waals surface area (Å²) in [5.41, 5.74) is 2.46. The maximum Gasteiger partial charge on any atom is 0.197 e. The number of carbonyl (C=O) groups excluding carboxylic acids is 1. The highest BCUT2D eigenvalue weighted by Gasteiger charge is 2.24. The predicted molar refractivity (Wildman–Crippen MR) is 54.8 cm³/mol. The number of fused-ring (bicyclic) bond motifs is 1. The van der Waals surface area contributed by atoms with Crippen LogP contribution in [0.2, 0.25) is 0 Å². The SMILES string of the molecule is CNCc1nc(=S)[nH]c2c1C(=O)CC2. The number of hydrogen-bond donors (Lipinski definition) is 2. The fourth-order valence-electron chi connectivity index (χ4n) is 1.75. The summed E-state index contributed by atoms with van der Waals surface area (Å²) < 4.78 is 0.462. The number of rotatable bonds is 2. The van der Waals surface area contributed by atoms with Crippen molar-refractivity contribution < 1.29 is 4.79 Å². The smallest absolute Gasteiger partial charge is 0.197 e. The lowest BCUT2D eigenvalue weighted by molar-refractivity contribution is 0.0993. The van der Waals surface area contributed by atoms with Gasteiger partial charge in [0.2, 0.25) is 0 Å². The molecule has 1 aliphatic carbocycles. The summed E-state index contributed by atoms with van der Waals surface area (Å²) in [6.45, 7) is 0.590. The zero-order chi connectivity index (χ0) is 10.1. The van der Waals surface area contributed by atoms with Crippen LogP contribution in [0.1, 0.15) is 28.2 Å². The fraction of sp³-hybridized carbons (Fsp3) is 0.444. The van der Waals surface area contributed by atoms with E-state index < -0.39 is 0 Å². The second-order valence-corrected chi connectivity index (χ2v) is 3.68. The number of nitrogens with one attached hydrogen (secondary N) is 2. The van der Waals surface area contributed by atoms with Crippen molar-refractivity contribution in [1.29, 1.82) is 0 Å². The second kappa shape index (κ2) is 3.59. The van der Waals surface area contributed by atoms with Crippen molar-refractivity contribution in [3.05, 3.63) is 21.7 Å². The Kier molecular flexibility index (Phi) is 2.43. The van der Waals surface area contributed by atoms with Crippen molar-refractivity contribution in [2.45, 2.75) is 19.4 Å².